The fraction of sp³-hybridized carbons (Fsp3) is 0.143. The van der Waals surface area contributed by atoms with E-state index in [9.17, 15) is 4.79 Å². The molecule has 11 nitrogen and oxygen atoms in total. The molecule has 160 valence electrons. The lowest BCUT2D eigenvalue weighted by atomic mass is 10.0. The third-order valence-corrected chi connectivity index (χ3v) is 5.14. The molecule has 11 heteroatoms. The first kappa shape index (κ1) is 19.4. The number of nitrogens with two attached hydrogens (primary N) is 1. The van der Waals surface area contributed by atoms with E-state index in [1.54, 1.807) is 19.2 Å². The largest absolute Gasteiger partial charge is 0.480 e. The summed E-state index contributed by atoms with van der Waals surface area (Å²) in [5.74, 6) is 1.09. The summed E-state index contributed by atoms with van der Waals surface area (Å²) < 4.78 is 13.1. The summed E-state index contributed by atoms with van der Waals surface area (Å²) in [5, 5.41) is 12.6. The highest BCUT2D eigenvalue weighted by atomic mass is 16.5. The van der Waals surface area contributed by atoms with Gasteiger partial charge in [-0.1, -0.05) is 30.3 Å². The second-order valence-corrected chi connectivity index (χ2v) is 7.07. The second kappa shape index (κ2) is 7.61. The predicted molar refractivity (Wildman–Crippen MR) is 114 cm³/mol. The standard InChI is InChI=1S/C21H18N8O3/c1-12-15(23-11-32-12)10-28-21(30)29-19(27-28)17(14-8-16(31-2)26-24-9-14)18(25-20(29)22)13-6-4-3-5-7-13/h3-9,11H,10H2,1-2H3,(H2,22,25)/p+1. The van der Waals surface area contributed by atoms with Gasteiger partial charge in [0.25, 0.3) is 0 Å². The van der Waals surface area contributed by atoms with Crippen LogP contribution in [0.25, 0.3) is 28.0 Å². The van der Waals surface area contributed by atoms with E-state index >= 15 is 0 Å². The van der Waals surface area contributed by atoms with Gasteiger partial charge < -0.3 is 9.15 Å². The number of benzene rings is 1. The van der Waals surface area contributed by atoms with Crippen molar-refractivity contribution in [2.75, 3.05) is 12.8 Å². The zero-order valence-corrected chi connectivity index (χ0v) is 17.3. The van der Waals surface area contributed by atoms with Crippen LogP contribution in [0.2, 0.25) is 0 Å². The zero-order valence-electron chi connectivity index (χ0n) is 17.3. The fourth-order valence-corrected chi connectivity index (χ4v) is 3.55. The van der Waals surface area contributed by atoms with E-state index in [1.165, 1.54) is 22.6 Å². The van der Waals surface area contributed by atoms with Crippen LogP contribution in [-0.4, -0.2) is 36.5 Å². The highest BCUT2D eigenvalue weighted by molar-refractivity contribution is 5.88. The number of H-pyrrole nitrogens is 1. The fourth-order valence-electron chi connectivity index (χ4n) is 3.55. The molecule has 0 aliphatic heterocycles. The van der Waals surface area contributed by atoms with Gasteiger partial charge in [-0.3, -0.25) is 5.73 Å². The Morgan fingerprint density at radius 3 is 2.75 bits per heavy atom. The van der Waals surface area contributed by atoms with Crippen molar-refractivity contribution in [2.45, 2.75) is 13.5 Å². The van der Waals surface area contributed by atoms with Gasteiger partial charge in [-0.15, -0.1) is 14.6 Å². The van der Waals surface area contributed by atoms with Crippen molar-refractivity contribution in [2.24, 2.45) is 0 Å². The number of hydrogen-bond donors (Lipinski definition) is 1. The molecule has 1 aromatic carbocycles. The van der Waals surface area contributed by atoms with Gasteiger partial charge in [0, 0.05) is 17.2 Å². The van der Waals surface area contributed by atoms with Gasteiger partial charge >= 0.3 is 11.6 Å². The SMILES string of the molecule is COc1cc(-c2c(-c3ccccc3)[nH+]c(N)n3c(=O)n(Cc4ncoc4C)nc23)cnn1. The Hall–Kier alpha value is -4.54. The van der Waals surface area contributed by atoms with E-state index in [4.69, 9.17) is 14.9 Å². The van der Waals surface area contributed by atoms with Gasteiger partial charge in [0.15, 0.2) is 6.39 Å². The molecule has 32 heavy (non-hydrogen) atoms. The Bertz CT molecular complexity index is 1490. The Kier molecular flexibility index (Phi) is 4.62. The highest BCUT2D eigenvalue weighted by Crippen LogP contribution is 2.32. The number of hydrogen-bond acceptors (Lipinski definition) is 8. The van der Waals surface area contributed by atoms with Crippen LogP contribution >= 0.6 is 0 Å². The van der Waals surface area contributed by atoms with Crippen molar-refractivity contribution in [1.29, 1.82) is 0 Å². The zero-order chi connectivity index (χ0) is 22.2. The van der Waals surface area contributed by atoms with Gasteiger partial charge in [0.1, 0.15) is 17.1 Å². The number of fused-ring (bicyclic) bond motifs is 1. The van der Waals surface area contributed by atoms with Crippen LogP contribution in [0.1, 0.15) is 11.5 Å². The Labute approximate surface area is 181 Å². The summed E-state index contributed by atoms with van der Waals surface area (Å²) in [6.45, 7) is 1.92. The van der Waals surface area contributed by atoms with E-state index in [0.29, 0.717) is 39.8 Å². The Morgan fingerprint density at radius 2 is 2.03 bits per heavy atom. The number of aryl methyl sites for hydroxylation is 1. The molecule has 4 heterocycles. The van der Waals surface area contributed by atoms with Crippen LogP contribution in [0.5, 0.6) is 5.88 Å². The summed E-state index contributed by atoms with van der Waals surface area (Å²) in [4.78, 5) is 20.5. The molecule has 0 unspecified atom stereocenters. The lowest BCUT2D eigenvalue weighted by molar-refractivity contribution is -0.351. The number of aromatic amines is 1. The summed E-state index contributed by atoms with van der Waals surface area (Å²) in [6.07, 6.45) is 2.92. The maximum absolute atomic E-state index is 13.2. The van der Waals surface area contributed by atoms with Crippen molar-refractivity contribution < 1.29 is 14.1 Å². The number of nitrogens with zero attached hydrogens (tertiary/aromatic N) is 6. The van der Waals surface area contributed by atoms with Crippen LogP contribution in [0.15, 0.2) is 58.2 Å². The minimum Gasteiger partial charge on any atom is -0.480 e. The molecule has 0 aliphatic carbocycles. The summed E-state index contributed by atoms with van der Waals surface area (Å²) in [7, 11) is 1.51. The van der Waals surface area contributed by atoms with Crippen molar-refractivity contribution in [1.82, 2.24) is 29.4 Å². The summed E-state index contributed by atoms with van der Waals surface area (Å²) >= 11 is 0. The van der Waals surface area contributed by atoms with E-state index < -0.39 is 5.69 Å². The average Bonchev–Trinajstić information content (AvgIpc) is 3.37. The average molecular weight is 431 g/mol. The van der Waals surface area contributed by atoms with Crippen molar-refractivity contribution in [3.05, 3.63) is 70.9 Å². The van der Waals surface area contributed by atoms with Crippen LogP contribution in [0, 0.1) is 6.92 Å². The first-order valence-electron chi connectivity index (χ1n) is 9.72. The van der Waals surface area contributed by atoms with E-state index in [-0.39, 0.29) is 12.5 Å². The molecule has 0 radical (unpaired) electrons. The predicted octanol–water partition coefficient (Wildman–Crippen LogP) is 1.37. The quantitative estimate of drug-likeness (QED) is 0.440. The first-order chi connectivity index (χ1) is 15.6. The van der Waals surface area contributed by atoms with Crippen LogP contribution < -0.4 is 21.1 Å². The molecule has 0 spiro atoms. The van der Waals surface area contributed by atoms with Crippen molar-refractivity contribution >= 4 is 11.6 Å². The highest BCUT2D eigenvalue weighted by Gasteiger charge is 2.26. The number of nitrogens with one attached hydrogen (secondary N) is 1. The first-order valence-corrected chi connectivity index (χ1v) is 9.72. The third kappa shape index (κ3) is 3.16. The van der Waals surface area contributed by atoms with E-state index in [2.05, 4.69) is 25.3 Å². The number of methoxy groups -OCH3 is 1. The molecule has 5 aromatic rings. The molecule has 0 saturated carbocycles. The summed E-state index contributed by atoms with van der Waals surface area (Å²) in [6, 6.07) is 11.3. The number of oxazole rings is 1. The molecule has 0 bridgehead atoms. The number of rotatable bonds is 5. The third-order valence-electron chi connectivity index (χ3n) is 5.14. The molecule has 3 N–H and O–H groups in total. The molecule has 0 saturated heterocycles. The Balaban J connectivity index is 1.82. The molecular formula is C21H19N8O3+. The van der Waals surface area contributed by atoms with E-state index in [0.717, 1.165) is 5.56 Å². The smallest absolute Gasteiger partial charge is 0.411 e. The van der Waals surface area contributed by atoms with Gasteiger partial charge in [-0.05, 0) is 6.92 Å². The van der Waals surface area contributed by atoms with Crippen LogP contribution in [-0.2, 0) is 6.54 Å². The van der Waals surface area contributed by atoms with E-state index in [1.807, 2.05) is 30.3 Å². The minimum absolute atomic E-state index is 0.139. The molecule has 4 aromatic heterocycles. The lowest BCUT2D eigenvalue weighted by Crippen LogP contribution is -2.28. The van der Waals surface area contributed by atoms with Crippen LogP contribution in [0.4, 0.5) is 5.95 Å². The molecular weight excluding hydrogens is 412 g/mol. The minimum atomic E-state index is -0.411. The van der Waals surface area contributed by atoms with Crippen molar-refractivity contribution in [3.63, 3.8) is 0 Å². The maximum Gasteiger partial charge on any atom is 0.411 e. The lowest BCUT2D eigenvalue weighted by Gasteiger charge is -2.09. The summed E-state index contributed by atoms with van der Waals surface area (Å²) in [5.41, 5.74) is 9.67. The Morgan fingerprint density at radius 1 is 1.22 bits per heavy atom. The molecule has 0 aliphatic rings. The topological polar surface area (TPSA) is 140 Å². The molecule has 0 amide bonds. The molecule has 5 rings (SSSR count). The second-order valence-electron chi connectivity index (χ2n) is 7.07. The van der Waals surface area contributed by atoms with Gasteiger partial charge in [-0.25, -0.2) is 14.8 Å². The maximum atomic E-state index is 13.2. The number of nitrogen functional groups attached to an aromatic ring is 1. The monoisotopic (exact) mass is 431 g/mol. The number of aromatic nitrogens is 7. The van der Waals surface area contributed by atoms with Gasteiger partial charge in [-0.2, -0.15) is 9.78 Å². The van der Waals surface area contributed by atoms with Gasteiger partial charge in [0.05, 0.1) is 25.4 Å². The van der Waals surface area contributed by atoms with Crippen molar-refractivity contribution in [3.8, 4) is 28.3 Å². The van der Waals surface area contributed by atoms with Crippen LogP contribution in [0.3, 0.4) is 0 Å². The normalized spacial score (nSPS) is 11.2. The number of anilines is 1. The molecule has 0 atom stereocenters. The number of ether oxygens (including phenoxy) is 1. The molecule has 0 fully saturated rings. The van der Waals surface area contributed by atoms with Gasteiger partial charge in [0.2, 0.25) is 11.5 Å².